The molecule has 2 heteroatoms. The third kappa shape index (κ3) is 4.33. The number of benzene rings is 2. The Balaban J connectivity index is 2.16. The zero-order valence-electron chi connectivity index (χ0n) is 13.1. The Bertz CT molecular complexity index is 562. The first-order chi connectivity index (χ1) is 10.1. The van der Waals surface area contributed by atoms with Crippen molar-refractivity contribution in [2.75, 3.05) is 0 Å². The Labute approximate surface area is 133 Å². The lowest BCUT2D eigenvalue weighted by Crippen LogP contribution is -2.25. The minimum Gasteiger partial charge on any atom is -0.303 e. The summed E-state index contributed by atoms with van der Waals surface area (Å²) in [7, 11) is 0. The molecule has 0 spiro atoms. The van der Waals surface area contributed by atoms with Crippen LogP contribution in [0.15, 0.2) is 48.5 Å². The van der Waals surface area contributed by atoms with E-state index in [1.54, 1.807) is 0 Å². The second-order valence-corrected chi connectivity index (χ2v) is 6.07. The largest absolute Gasteiger partial charge is 0.303 e. The fourth-order valence-corrected chi connectivity index (χ4v) is 2.92. The van der Waals surface area contributed by atoms with Crippen molar-refractivity contribution in [1.82, 2.24) is 5.32 Å². The maximum atomic E-state index is 6.00. The second-order valence-electron chi connectivity index (χ2n) is 5.64. The summed E-state index contributed by atoms with van der Waals surface area (Å²) < 4.78 is 0. The highest BCUT2D eigenvalue weighted by atomic mass is 35.5. The highest BCUT2D eigenvalue weighted by Gasteiger charge is 2.15. The molecule has 1 N–H and O–H groups in total. The van der Waals surface area contributed by atoms with Gasteiger partial charge in [0.05, 0.1) is 0 Å². The molecule has 0 radical (unpaired) electrons. The van der Waals surface area contributed by atoms with E-state index in [9.17, 15) is 0 Å². The lowest BCUT2D eigenvalue weighted by Gasteiger charge is -2.25. The van der Waals surface area contributed by atoms with E-state index >= 15 is 0 Å². The summed E-state index contributed by atoms with van der Waals surface area (Å²) in [5.74, 6) is 0. The molecule has 1 nitrogen and oxygen atoms in total. The molecule has 0 aliphatic carbocycles. The van der Waals surface area contributed by atoms with Crippen LogP contribution in [0.4, 0.5) is 0 Å². The van der Waals surface area contributed by atoms with E-state index in [4.69, 9.17) is 11.6 Å². The summed E-state index contributed by atoms with van der Waals surface area (Å²) in [5.41, 5.74) is 4.01. The van der Waals surface area contributed by atoms with Gasteiger partial charge in [-0.15, -0.1) is 0 Å². The molecule has 112 valence electrons. The number of halogens is 1. The molecule has 0 fully saturated rings. The summed E-state index contributed by atoms with van der Waals surface area (Å²) in [4.78, 5) is 0. The molecule has 0 saturated carbocycles. The zero-order chi connectivity index (χ0) is 15.2. The van der Waals surface area contributed by atoms with Gasteiger partial charge in [0.1, 0.15) is 0 Å². The minimum absolute atomic E-state index is 0.332. The first kappa shape index (κ1) is 16.1. The zero-order valence-corrected chi connectivity index (χ0v) is 13.8. The van der Waals surface area contributed by atoms with E-state index in [-0.39, 0.29) is 0 Å². The lowest BCUT2D eigenvalue weighted by atomic mass is 9.98. The summed E-state index contributed by atoms with van der Waals surface area (Å²) in [6, 6.07) is 17.5. The number of hydrogen-bond donors (Lipinski definition) is 1. The predicted octanol–water partition coefficient (Wildman–Crippen LogP) is 5.84. The number of aryl methyl sites for hydroxylation is 1. The molecule has 0 aliphatic rings. The van der Waals surface area contributed by atoms with Crippen LogP contribution in [0.2, 0.25) is 5.02 Å². The van der Waals surface area contributed by atoms with Gasteiger partial charge in [-0.3, -0.25) is 0 Å². The summed E-state index contributed by atoms with van der Waals surface area (Å²) >= 11 is 6.00. The van der Waals surface area contributed by atoms with E-state index in [2.05, 4.69) is 62.5 Å². The van der Waals surface area contributed by atoms with Crippen LogP contribution >= 0.6 is 11.6 Å². The van der Waals surface area contributed by atoms with E-state index in [0.29, 0.717) is 12.1 Å². The molecule has 2 aromatic rings. The van der Waals surface area contributed by atoms with Crippen molar-refractivity contribution in [2.45, 2.75) is 45.7 Å². The molecule has 0 aliphatic heterocycles. The Morgan fingerprint density at radius 2 is 1.71 bits per heavy atom. The van der Waals surface area contributed by atoms with E-state index in [1.807, 2.05) is 12.1 Å². The standard InChI is InChI=1S/C19H24ClN/c1-4-7-19(16-10-12-17(20)13-11-16)21-15(3)18-9-6-5-8-14(18)2/h5-6,8-13,15,19,21H,4,7H2,1-3H3/t15-,19?/m1/s1. The molecule has 0 saturated heterocycles. The van der Waals surface area contributed by atoms with Crippen LogP contribution in [-0.2, 0) is 0 Å². The van der Waals surface area contributed by atoms with Gasteiger partial charge in [0.2, 0.25) is 0 Å². The maximum absolute atomic E-state index is 6.00. The number of hydrogen-bond acceptors (Lipinski definition) is 1. The molecule has 0 aromatic heterocycles. The highest BCUT2D eigenvalue weighted by Crippen LogP contribution is 2.25. The minimum atomic E-state index is 0.332. The normalized spacial score (nSPS) is 13.9. The average molecular weight is 302 g/mol. The Kier molecular flexibility index (Phi) is 5.84. The first-order valence-corrected chi connectivity index (χ1v) is 8.06. The van der Waals surface area contributed by atoms with Crippen LogP contribution in [0.1, 0.15) is 55.5 Å². The highest BCUT2D eigenvalue weighted by molar-refractivity contribution is 6.30. The van der Waals surface area contributed by atoms with Crippen LogP contribution in [0, 0.1) is 6.92 Å². The van der Waals surface area contributed by atoms with Crippen molar-refractivity contribution in [3.8, 4) is 0 Å². The Morgan fingerprint density at radius 3 is 2.33 bits per heavy atom. The van der Waals surface area contributed by atoms with Crippen molar-refractivity contribution >= 4 is 11.6 Å². The molecule has 0 bridgehead atoms. The van der Waals surface area contributed by atoms with E-state index in [0.717, 1.165) is 17.9 Å². The molecular formula is C19H24ClN. The second kappa shape index (κ2) is 7.63. The van der Waals surface area contributed by atoms with Crippen LogP contribution in [0.25, 0.3) is 0 Å². The van der Waals surface area contributed by atoms with Crippen LogP contribution < -0.4 is 5.32 Å². The smallest absolute Gasteiger partial charge is 0.0406 e. The Hall–Kier alpha value is -1.31. The predicted molar refractivity (Wildman–Crippen MR) is 91.8 cm³/mol. The maximum Gasteiger partial charge on any atom is 0.0406 e. The quantitative estimate of drug-likeness (QED) is 0.706. The van der Waals surface area contributed by atoms with Crippen molar-refractivity contribution in [3.63, 3.8) is 0 Å². The van der Waals surface area contributed by atoms with Gasteiger partial charge in [0.15, 0.2) is 0 Å². The summed E-state index contributed by atoms with van der Waals surface area (Å²) in [6.07, 6.45) is 2.28. The summed E-state index contributed by atoms with van der Waals surface area (Å²) in [6.45, 7) is 6.63. The fraction of sp³-hybridized carbons (Fsp3) is 0.368. The Morgan fingerprint density at radius 1 is 1.05 bits per heavy atom. The molecule has 0 amide bonds. The third-order valence-electron chi connectivity index (χ3n) is 3.96. The van der Waals surface area contributed by atoms with Crippen molar-refractivity contribution in [1.29, 1.82) is 0 Å². The molecular weight excluding hydrogens is 278 g/mol. The molecule has 2 aromatic carbocycles. The SMILES string of the molecule is CCCC(N[C@H](C)c1ccccc1C)c1ccc(Cl)cc1. The van der Waals surface area contributed by atoms with Gasteiger partial charge in [-0.2, -0.15) is 0 Å². The average Bonchev–Trinajstić information content (AvgIpc) is 2.48. The number of rotatable bonds is 6. The number of nitrogens with one attached hydrogen (secondary N) is 1. The van der Waals surface area contributed by atoms with Crippen LogP contribution in [-0.4, -0.2) is 0 Å². The van der Waals surface area contributed by atoms with Gasteiger partial charge in [0, 0.05) is 17.1 Å². The first-order valence-electron chi connectivity index (χ1n) is 7.69. The molecule has 2 atom stereocenters. The molecule has 21 heavy (non-hydrogen) atoms. The summed E-state index contributed by atoms with van der Waals surface area (Å²) in [5, 5.41) is 4.56. The molecule has 0 heterocycles. The third-order valence-corrected chi connectivity index (χ3v) is 4.21. The van der Waals surface area contributed by atoms with Gasteiger partial charge >= 0.3 is 0 Å². The monoisotopic (exact) mass is 301 g/mol. The lowest BCUT2D eigenvalue weighted by molar-refractivity contribution is 0.438. The van der Waals surface area contributed by atoms with Crippen molar-refractivity contribution < 1.29 is 0 Å². The van der Waals surface area contributed by atoms with Crippen molar-refractivity contribution in [2.24, 2.45) is 0 Å². The van der Waals surface area contributed by atoms with Gasteiger partial charge in [-0.05, 0) is 49.1 Å². The molecule has 2 rings (SSSR count). The van der Waals surface area contributed by atoms with Crippen molar-refractivity contribution in [3.05, 3.63) is 70.2 Å². The van der Waals surface area contributed by atoms with Gasteiger partial charge < -0.3 is 5.32 Å². The van der Waals surface area contributed by atoms with Crippen LogP contribution in [0.3, 0.4) is 0 Å². The van der Waals surface area contributed by atoms with E-state index in [1.165, 1.54) is 16.7 Å². The van der Waals surface area contributed by atoms with Gasteiger partial charge in [0.25, 0.3) is 0 Å². The van der Waals surface area contributed by atoms with Gasteiger partial charge in [-0.1, -0.05) is 61.3 Å². The topological polar surface area (TPSA) is 12.0 Å². The fourth-order valence-electron chi connectivity index (χ4n) is 2.79. The van der Waals surface area contributed by atoms with E-state index < -0.39 is 0 Å². The van der Waals surface area contributed by atoms with Gasteiger partial charge in [-0.25, -0.2) is 0 Å². The molecule has 1 unspecified atom stereocenters. The van der Waals surface area contributed by atoms with Crippen LogP contribution in [0.5, 0.6) is 0 Å².